The molecule has 2 aromatic carbocycles. The van der Waals surface area contributed by atoms with Crippen LogP contribution in [-0.2, 0) is 9.59 Å². The van der Waals surface area contributed by atoms with Gasteiger partial charge in [0.25, 0.3) is 23.6 Å². The average Bonchev–Trinajstić information content (AvgIpc) is 1.56. The van der Waals surface area contributed by atoms with Crippen molar-refractivity contribution < 1.29 is 28.8 Å². The molecule has 92 heavy (non-hydrogen) atoms. The third-order valence-corrected chi connectivity index (χ3v) is 47.9. The van der Waals surface area contributed by atoms with Gasteiger partial charge in [-0.3, -0.25) is 33.8 Å². The molecule has 0 saturated carbocycles. The number of imide groups is 2. The maximum atomic E-state index is 14.5. The second-order valence-electron chi connectivity index (χ2n) is 25.1. The Morgan fingerprint density at radius 1 is 0.391 bits per heavy atom. The first kappa shape index (κ1) is 65.4. The molecule has 16 rings (SSSR count). The predicted octanol–water partition coefficient (Wildman–Crippen LogP) is 17.9. The molecule has 0 radical (unpaired) electrons. The van der Waals surface area contributed by atoms with Gasteiger partial charge in [0.2, 0.25) is 0 Å². The first-order valence-corrected chi connectivity index (χ1v) is 60.1. The van der Waals surface area contributed by atoms with Crippen molar-refractivity contribution in [3.05, 3.63) is 174 Å². The Morgan fingerprint density at radius 3 is 1.11 bits per heavy atom. The van der Waals surface area contributed by atoms with E-state index in [9.17, 15) is 28.8 Å². The van der Waals surface area contributed by atoms with Gasteiger partial charge in [0.15, 0.2) is 5.78 Å². The summed E-state index contributed by atoms with van der Waals surface area (Å²) in [5.74, 6) is -0.456. The number of fused-ring (bicyclic) bond motifs is 14. The zero-order chi connectivity index (χ0) is 64.7. The van der Waals surface area contributed by atoms with Crippen LogP contribution in [0.4, 0.5) is 0 Å². The number of ketones is 2. The minimum atomic E-state index is -2.22. The van der Waals surface area contributed by atoms with Crippen LogP contribution in [0.25, 0.3) is 72.4 Å². The molecule has 0 unspecified atom stereocenters. The fourth-order valence-corrected chi connectivity index (χ4v) is 35.4. The quantitative estimate of drug-likeness (QED) is 0.0840. The number of carbonyl (C=O) groups is 6. The van der Waals surface area contributed by atoms with E-state index in [1.165, 1.54) is 84.5 Å². The van der Waals surface area contributed by atoms with Gasteiger partial charge in [-0.1, -0.05) is 26.7 Å². The Hall–Kier alpha value is -3.86. The van der Waals surface area contributed by atoms with E-state index >= 15 is 0 Å². The number of benzene rings is 2. The van der Waals surface area contributed by atoms with E-state index in [0.29, 0.717) is 35.3 Å². The van der Waals surface area contributed by atoms with E-state index in [4.69, 9.17) is 0 Å². The summed E-state index contributed by atoms with van der Waals surface area (Å²) in [6.07, 6.45) is 3.52. The number of unbranched alkanes of at least 4 members (excludes halogenated alkanes) is 2. The molecule has 12 aromatic rings. The van der Waals surface area contributed by atoms with E-state index in [2.05, 4.69) is 158 Å². The van der Waals surface area contributed by atoms with Gasteiger partial charge in [-0.05, 0) is 106 Å². The van der Waals surface area contributed by atoms with Crippen molar-refractivity contribution in [2.45, 2.75) is 83.0 Å². The van der Waals surface area contributed by atoms with Crippen LogP contribution in [-0.4, -0.2) is 94.8 Å². The molecule has 2 aliphatic carbocycles. The normalized spacial score (nSPS) is 14.8. The summed E-state index contributed by atoms with van der Waals surface area (Å²) < 4.78 is 9.33. The number of aryl methyl sites for hydroxylation is 2. The fraction of sp³-hybridized carbons (Fsp3) is 0.229. The molecule has 2 aliphatic heterocycles. The van der Waals surface area contributed by atoms with Crippen molar-refractivity contribution in [3.63, 3.8) is 0 Å². The minimum absolute atomic E-state index is 0.0560. The topological polar surface area (TPSA) is 109 Å². The monoisotopic (exact) mass is 1740 g/mol. The van der Waals surface area contributed by atoms with Crippen molar-refractivity contribution >= 4 is 286 Å². The third-order valence-electron chi connectivity index (χ3n) is 17.0. The Bertz CT molecular complexity index is 5300. The summed E-state index contributed by atoms with van der Waals surface area (Å²) in [4.78, 5) is 105. The zero-order valence-electron chi connectivity index (χ0n) is 51.7. The number of amides is 4. The Balaban J connectivity index is 0.000000131. The third kappa shape index (κ3) is 10.8. The first-order valence-electron chi connectivity index (χ1n) is 30.1. The Morgan fingerprint density at radius 2 is 0.739 bits per heavy atom. The fourth-order valence-electron chi connectivity index (χ4n) is 12.5. The van der Waals surface area contributed by atoms with Crippen LogP contribution in [0.15, 0.2) is 102 Å². The predicted molar refractivity (Wildman–Crippen MR) is 409 cm³/mol. The van der Waals surface area contributed by atoms with Crippen LogP contribution in [0, 0.1) is 13.8 Å². The van der Waals surface area contributed by atoms with E-state index < -0.39 is 36.8 Å². The van der Waals surface area contributed by atoms with Crippen LogP contribution in [0.2, 0.25) is 29.6 Å². The van der Waals surface area contributed by atoms with Crippen LogP contribution in [0.1, 0.15) is 110 Å². The standard InChI is InChI=1S/C33H23NO3S5.C21H8OS4.C10H9Br2NO2S.6CH3.2Sn/c1-4-5-12-34-32(36)22-16(3)41-31(27(22)33(34)37)21-9-8-20(42-21)24-26-25(23(28(24)35)19-7-6-15(2)40-19)29-17(10-13-38-29)18-11-14-39-30(18)26;22-19-15(13-3-1-7-23-13)17-18(16(19)14-4-2-8-24-14)21-12(6-10-26-21)11-5-9-25-20(11)17;1-2-3-4-13-9(14)5-6(10(13)15)8(12)16-7(5)11;;;;;;;;/h6-11,13-14H,4-5,12H2,1-3H3;1-6,9-10H;2-4H2,1H3;6*1H3;;. The summed E-state index contributed by atoms with van der Waals surface area (Å²) in [7, 11) is 0. The van der Waals surface area contributed by atoms with Crippen molar-refractivity contribution in [2.75, 3.05) is 13.1 Å². The van der Waals surface area contributed by atoms with Crippen molar-refractivity contribution in [1.82, 2.24) is 9.80 Å². The molecule has 10 aromatic heterocycles. The molecule has 4 aliphatic rings. The Labute approximate surface area is 596 Å². The molecule has 12 heterocycles. The van der Waals surface area contributed by atoms with Crippen LogP contribution >= 0.6 is 145 Å². The molecule has 0 spiro atoms. The molecule has 466 valence electrons. The molecular formula is C70H58Br2N2O6S10Sn2. The van der Waals surface area contributed by atoms with Crippen LogP contribution < -0.4 is 26.7 Å². The van der Waals surface area contributed by atoms with Crippen molar-refractivity contribution in [3.8, 4) is 9.75 Å². The number of rotatable bonds is 13. The van der Waals surface area contributed by atoms with Gasteiger partial charge in [0, 0.05) is 79.2 Å². The summed E-state index contributed by atoms with van der Waals surface area (Å²) in [6, 6.07) is 26.1. The van der Waals surface area contributed by atoms with Gasteiger partial charge >= 0.3 is 227 Å². The summed E-state index contributed by atoms with van der Waals surface area (Å²) in [5, 5.41) is 18.0. The number of hydrogen-bond acceptors (Lipinski definition) is 16. The Kier molecular flexibility index (Phi) is 17.9. The molecule has 0 atom stereocenters. The maximum absolute atomic E-state index is 14.5. The van der Waals surface area contributed by atoms with E-state index in [1.807, 2.05) is 48.7 Å². The average molecular weight is 1740 g/mol. The van der Waals surface area contributed by atoms with Gasteiger partial charge in [0.05, 0.1) is 34.7 Å². The summed E-state index contributed by atoms with van der Waals surface area (Å²) in [6.45, 7) is 9.04. The number of nitrogens with zero attached hydrogens (tertiary/aromatic N) is 2. The van der Waals surface area contributed by atoms with Crippen LogP contribution in [0.3, 0.4) is 0 Å². The number of halogens is 2. The summed E-state index contributed by atoms with van der Waals surface area (Å²) >= 11 is 19.0. The number of Topliss-reactive ketones (excluding diaryl/α,β-unsaturated/α-hetero) is 2. The van der Waals surface area contributed by atoms with Crippen LogP contribution in [0.5, 0.6) is 0 Å². The zero-order valence-corrected chi connectivity index (χ0v) is 68.7. The molecule has 0 bridgehead atoms. The molecule has 4 amide bonds. The van der Waals surface area contributed by atoms with E-state index in [1.54, 1.807) is 68.0 Å². The molecule has 22 heteroatoms. The molecule has 0 N–H and O–H groups in total. The van der Waals surface area contributed by atoms with Gasteiger partial charge in [0.1, 0.15) is 0 Å². The number of hydrogen-bond donors (Lipinski definition) is 0. The van der Waals surface area contributed by atoms with Crippen molar-refractivity contribution in [1.29, 1.82) is 0 Å². The molecule has 8 nitrogen and oxygen atoms in total. The van der Waals surface area contributed by atoms with Gasteiger partial charge in [-0.2, -0.15) is 0 Å². The van der Waals surface area contributed by atoms with Gasteiger partial charge < -0.3 is 0 Å². The van der Waals surface area contributed by atoms with E-state index in [-0.39, 0.29) is 35.2 Å². The second-order valence-corrected chi connectivity index (χ2v) is 69.0. The molecular weight excluding hydrogens is 1680 g/mol. The molecule has 0 saturated heterocycles. The van der Waals surface area contributed by atoms with Gasteiger partial charge in [-0.15, -0.1) is 68.0 Å². The second kappa shape index (κ2) is 25.2. The van der Waals surface area contributed by atoms with Gasteiger partial charge in [-0.25, -0.2) is 0 Å². The number of carbonyl (C=O) groups excluding carboxylic acids is 6. The first-order chi connectivity index (χ1) is 44.0. The van der Waals surface area contributed by atoms with Crippen molar-refractivity contribution in [2.24, 2.45) is 0 Å². The molecule has 0 fully saturated rings. The summed E-state index contributed by atoms with van der Waals surface area (Å²) in [5.41, 5.74) is 5.50. The number of thiophene rings is 10. The van der Waals surface area contributed by atoms with E-state index in [0.717, 1.165) is 110 Å². The SMILES string of the molecule is CCCCN1C(=O)c2c(Br)sc(Br)c2C1=O.CCCCN1C(=O)c2c(C)sc(-c3ccc(C4=c5c(c6sccc6c6ccsc56)=C(c5ccc(C)s5)C4=O)s3)c2C1=O.[CH3][Sn]([CH3])([CH3])[c]1ccc(C2=c3c(c4sccc4c4ccsc34)=C(c3cc[c]([Sn]([CH3])([CH3])[CH3])s3)C2=O)s1.